The van der Waals surface area contributed by atoms with Gasteiger partial charge in [0.1, 0.15) is 5.65 Å². The number of hydrogen-bond acceptors (Lipinski definition) is 1. The molecule has 0 N–H and O–H groups in total. The van der Waals surface area contributed by atoms with Crippen LogP contribution in [0.3, 0.4) is 0 Å². The summed E-state index contributed by atoms with van der Waals surface area (Å²) in [6, 6.07) is 57.2. The van der Waals surface area contributed by atoms with Gasteiger partial charge in [-0.25, -0.2) is 4.98 Å². The van der Waals surface area contributed by atoms with E-state index in [1.165, 1.54) is 76.2 Å². The first-order valence-electron chi connectivity index (χ1n) is 15.5. The molecule has 2 aromatic heterocycles. The van der Waals surface area contributed by atoms with Crippen molar-refractivity contribution in [1.29, 1.82) is 0 Å². The summed E-state index contributed by atoms with van der Waals surface area (Å²) in [5.41, 5.74) is 9.27. The normalized spacial score (nSPS) is 12.0. The van der Waals surface area contributed by atoms with Gasteiger partial charge in [0.25, 0.3) is 0 Å². The molecular weight excluding hydrogens is 544 g/mol. The Morgan fingerprint density at radius 3 is 1.67 bits per heavy atom. The first kappa shape index (κ1) is 24.5. The number of para-hydroxylation sites is 1. The maximum absolute atomic E-state index is 5.30. The molecule has 0 aliphatic rings. The Morgan fingerprint density at radius 2 is 0.933 bits per heavy atom. The number of nitrogens with zero attached hydrogens (tertiary/aromatic N) is 2. The van der Waals surface area contributed by atoms with Crippen LogP contribution in [-0.2, 0) is 0 Å². The Kier molecular flexibility index (Phi) is 5.03. The number of fused-ring (bicyclic) bond motifs is 11. The highest BCUT2D eigenvalue weighted by Gasteiger charge is 2.19. The summed E-state index contributed by atoms with van der Waals surface area (Å²) in [4.78, 5) is 5.30. The average Bonchev–Trinajstić information content (AvgIpc) is 3.50. The summed E-state index contributed by atoms with van der Waals surface area (Å²) >= 11 is 0. The topological polar surface area (TPSA) is 17.3 Å². The van der Waals surface area contributed by atoms with E-state index in [-0.39, 0.29) is 0 Å². The van der Waals surface area contributed by atoms with E-state index >= 15 is 0 Å². The fraction of sp³-hybridized carbons (Fsp3) is 0. The number of aromatic nitrogens is 2. The third kappa shape index (κ3) is 3.42. The standard InChI is InChI=1S/C43H26N2/c1-2-14-29-27(12-1)13-11-22-32(29)42-35-19-6-4-17-33(35)41(34-18-5-7-20-36(34)42)28-24-25-40-38(26-28)44-43-37-21-8-3-15-30(37)31-16-9-10-23-39(31)45(40)43/h1-26H. The minimum atomic E-state index is 0.998. The quantitative estimate of drug-likeness (QED) is 0.149. The zero-order valence-corrected chi connectivity index (χ0v) is 24.4. The Labute approximate surface area is 259 Å². The SMILES string of the molecule is c1ccc2c(-c3c4ccccc4c(-c4ccc5c(c4)nc4c6ccccc6c6ccccc6n54)c4ccccc34)cccc2c1. The van der Waals surface area contributed by atoms with E-state index in [1.807, 2.05) is 0 Å². The molecule has 2 nitrogen and oxygen atoms in total. The van der Waals surface area contributed by atoms with Crippen molar-refractivity contribution < 1.29 is 0 Å². The van der Waals surface area contributed by atoms with Crippen LogP contribution in [0.4, 0.5) is 0 Å². The maximum Gasteiger partial charge on any atom is 0.146 e. The van der Waals surface area contributed by atoms with Crippen LogP contribution in [0.5, 0.6) is 0 Å². The second-order valence-electron chi connectivity index (χ2n) is 11.9. The lowest BCUT2D eigenvalue weighted by Crippen LogP contribution is -1.92. The Hall–Kier alpha value is -5.99. The lowest BCUT2D eigenvalue weighted by molar-refractivity contribution is 1.31. The van der Waals surface area contributed by atoms with Crippen molar-refractivity contribution in [3.63, 3.8) is 0 Å². The summed E-state index contributed by atoms with van der Waals surface area (Å²) in [6.45, 7) is 0. The summed E-state index contributed by atoms with van der Waals surface area (Å²) in [6.07, 6.45) is 0. The van der Waals surface area contributed by atoms with Gasteiger partial charge in [0.05, 0.1) is 16.6 Å². The fourth-order valence-corrected chi connectivity index (χ4v) is 7.64. The first-order chi connectivity index (χ1) is 22.3. The van der Waals surface area contributed by atoms with E-state index in [4.69, 9.17) is 4.98 Å². The van der Waals surface area contributed by atoms with Crippen molar-refractivity contribution in [3.8, 4) is 22.3 Å². The van der Waals surface area contributed by atoms with Crippen LogP contribution in [-0.4, -0.2) is 9.38 Å². The molecule has 0 atom stereocenters. The highest BCUT2D eigenvalue weighted by Crippen LogP contribution is 2.45. The second kappa shape index (κ2) is 9.25. The Bertz CT molecular complexity index is 2760. The molecule has 0 amide bonds. The number of hydrogen-bond donors (Lipinski definition) is 0. The molecule has 0 saturated carbocycles. The molecule has 0 spiro atoms. The van der Waals surface area contributed by atoms with Gasteiger partial charge in [-0.2, -0.15) is 0 Å². The van der Waals surface area contributed by atoms with E-state index < -0.39 is 0 Å². The van der Waals surface area contributed by atoms with E-state index in [9.17, 15) is 0 Å². The van der Waals surface area contributed by atoms with Crippen molar-refractivity contribution in [2.75, 3.05) is 0 Å². The molecule has 0 unspecified atom stereocenters. The van der Waals surface area contributed by atoms with Gasteiger partial charge in [0.15, 0.2) is 0 Å². The zero-order chi connectivity index (χ0) is 29.5. The van der Waals surface area contributed by atoms with Gasteiger partial charge in [-0.3, -0.25) is 4.40 Å². The third-order valence-corrected chi connectivity index (χ3v) is 9.54. The average molecular weight is 571 g/mol. The maximum atomic E-state index is 5.30. The van der Waals surface area contributed by atoms with Crippen LogP contribution in [0.25, 0.3) is 92.9 Å². The zero-order valence-electron chi connectivity index (χ0n) is 24.4. The van der Waals surface area contributed by atoms with Crippen molar-refractivity contribution in [2.45, 2.75) is 0 Å². The summed E-state index contributed by atoms with van der Waals surface area (Å²) in [5.74, 6) is 0. The Morgan fingerprint density at radius 1 is 0.378 bits per heavy atom. The van der Waals surface area contributed by atoms with Crippen LogP contribution in [0, 0.1) is 0 Å². The predicted octanol–water partition coefficient (Wildman–Crippen LogP) is 11.6. The van der Waals surface area contributed by atoms with Crippen LogP contribution in [0.1, 0.15) is 0 Å². The lowest BCUT2D eigenvalue weighted by Gasteiger charge is -2.18. The van der Waals surface area contributed by atoms with Crippen molar-refractivity contribution in [2.24, 2.45) is 0 Å². The number of benzene rings is 8. The molecule has 0 fully saturated rings. The first-order valence-corrected chi connectivity index (χ1v) is 15.5. The number of pyridine rings is 1. The van der Waals surface area contributed by atoms with Gasteiger partial charge < -0.3 is 0 Å². The van der Waals surface area contributed by atoms with E-state index in [1.54, 1.807) is 0 Å². The minimum absolute atomic E-state index is 0.998. The smallest absolute Gasteiger partial charge is 0.146 e. The molecule has 10 aromatic rings. The molecule has 0 aliphatic heterocycles. The molecule has 45 heavy (non-hydrogen) atoms. The van der Waals surface area contributed by atoms with Gasteiger partial charge in [-0.15, -0.1) is 0 Å². The van der Waals surface area contributed by atoms with Crippen LogP contribution >= 0.6 is 0 Å². The summed E-state index contributed by atoms with van der Waals surface area (Å²) < 4.78 is 2.33. The molecule has 2 heteroatoms. The van der Waals surface area contributed by atoms with Gasteiger partial charge in [-0.05, 0) is 78.2 Å². The summed E-state index contributed by atoms with van der Waals surface area (Å²) in [7, 11) is 0. The van der Waals surface area contributed by atoms with Gasteiger partial charge in [0, 0.05) is 10.8 Å². The third-order valence-electron chi connectivity index (χ3n) is 9.54. The Balaban J connectivity index is 1.31. The lowest BCUT2D eigenvalue weighted by atomic mass is 9.84. The molecule has 2 heterocycles. The highest BCUT2D eigenvalue weighted by molar-refractivity contribution is 6.24. The number of rotatable bonds is 2. The van der Waals surface area contributed by atoms with Gasteiger partial charge in [0.2, 0.25) is 0 Å². The van der Waals surface area contributed by atoms with Gasteiger partial charge in [-0.1, -0.05) is 140 Å². The minimum Gasteiger partial charge on any atom is -0.292 e. The molecular formula is C43H26N2. The molecule has 10 rings (SSSR count). The monoisotopic (exact) mass is 570 g/mol. The van der Waals surface area contributed by atoms with Crippen molar-refractivity contribution >= 4 is 70.7 Å². The van der Waals surface area contributed by atoms with Crippen LogP contribution in [0.15, 0.2) is 158 Å². The molecule has 208 valence electrons. The fourth-order valence-electron chi connectivity index (χ4n) is 7.64. The van der Waals surface area contributed by atoms with E-state index in [0.717, 1.165) is 16.7 Å². The summed E-state index contributed by atoms with van der Waals surface area (Å²) in [5, 5.41) is 11.2. The molecule has 0 aliphatic carbocycles. The number of imidazole rings is 1. The van der Waals surface area contributed by atoms with E-state index in [2.05, 4.69) is 162 Å². The van der Waals surface area contributed by atoms with Crippen molar-refractivity contribution in [3.05, 3.63) is 158 Å². The predicted molar refractivity (Wildman–Crippen MR) is 191 cm³/mol. The molecule has 0 radical (unpaired) electrons. The largest absolute Gasteiger partial charge is 0.292 e. The molecule has 0 bridgehead atoms. The second-order valence-corrected chi connectivity index (χ2v) is 11.9. The van der Waals surface area contributed by atoms with Crippen LogP contribution in [0.2, 0.25) is 0 Å². The molecule has 0 saturated heterocycles. The van der Waals surface area contributed by atoms with E-state index in [0.29, 0.717) is 0 Å². The highest BCUT2D eigenvalue weighted by atomic mass is 15.0. The van der Waals surface area contributed by atoms with Crippen molar-refractivity contribution in [1.82, 2.24) is 9.38 Å². The molecule has 8 aromatic carbocycles. The van der Waals surface area contributed by atoms with Gasteiger partial charge >= 0.3 is 0 Å². The van der Waals surface area contributed by atoms with Crippen LogP contribution < -0.4 is 0 Å².